The Kier molecular flexibility index (Phi) is 2.06. The largest absolute Gasteiger partial charge is 0.467 e. The summed E-state index contributed by atoms with van der Waals surface area (Å²) in [6.45, 7) is 0. The van der Waals surface area contributed by atoms with Crippen LogP contribution in [-0.4, -0.2) is 9.97 Å². The van der Waals surface area contributed by atoms with Gasteiger partial charge in [0, 0.05) is 12.4 Å². The number of furan rings is 1. The monoisotopic (exact) mass is 175 g/mol. The minimum absolute atomic E-state index is 0.330. The second kappa shape index (κ2) is 3.37. The zero-order valence-electron chi connectivity index (χ0n) is 6.92. The number of aromatic nitrogens is 2. The van der Waals surface area contributed by atoms with Gasteiger partial charge in [0.2, 0.25) is 0 Å². The molecule has 0 saturated heterocycles. The van der Waals surface area contributed by atoms with E-state index in [1.54, 1.807) is 30.9 Å². The number of nitrogens with zero attached hydrogens (tertiary/aromatic N) is 2. The summed E-state index contributed by atoms with van der Waals surface area (Å²) in [7, 11) is 0. The molecule has 0 saturated carbocycles. The molecular formula is C9H9N3O. The summed E-state index contributed by atoms with van der Waals surface area (Å²) < 4.78 is 5.16. The summed E-state index contributed by atoms with van der Waals surface area (Å²) in [5, 5.41) is 0. The Morgan fingerprint density at radius 1 is 1.38 bits per heavy atom. The summed E-state index contributed by atoms with van der Waals surface area (Å²) in [5.74, 6) is 0.695. The first-order valence-electron chi connectivity index (χ1n) is 3.93. The van der Waals surface area contributed by atoms with E-state index in [0.717, 1.165) is 0 Å². The molecule has 0 spiro atoms. The second-order valence-corrected chi connectivity index (χ2v) is 2.62. The van der Waals surface area contributed by atoms with Crippen LogP contribution in [0.25, 0.3) is 0 Å². The van der Waals surface area contributed by atoms with E-state index in [1.807, 2.05) is 6.07 Å². The molecule has 13 heavy (non-hydrogen) atoms. The van der Waals surface area contributed by atoms with Gasteiger partial charge in [-0.05, 0) is 12.1 Å². The van der Waals surface area contributed by atoms with Gasteiger partial charge in [0.15, 0.2) is 0 Å². The van der Waals surface area contributed by atoms with Gasteiger partial charge in [0.05, 0.1) is 18.2 Å². The molecule has 1 atom stereocenters. The van der Waals surface area contributed by atoms with Crippen molar-refractivity contribution in [1.29, 1.82) is 0 Å². The van der Waals surface area contributed by atoms with E-state index in [0.29, 0.717) is 11.5 Å². The van der Waals surface area contributed by atoms with Gasteiger partial charge < -0.3 is 10.2 Å². The smallest absolute Gasteiger partial charge is 0.126 e. The molecule has 0 aliphatic heterocycles. The minimum Gasteiger partial charge on any atom is -0.467 e. The molecule has 2 heterocycles. The molecule has 0 fully saturated rings. The maximum Gasteiger partial charge on any atom is 0.126 e. The van der Waals surface area contributed by atoms with Gasteiger partial charge >= 0.3 is 0 Å². The average Bonchev–Trinajstić information content (AvgIpc) is 2.71. The van der Waals surface area contributed by atoms with E-state index in [9.17, 15) is 0 Å². The lowest BCUT2D eigenvalue weighted by molar-refractivity contribution is 0.486. The lowest BCUT2D eigenvalue weighted by atomic mass is 10.2. The summed E-state index contributed by atoms with van der Waals surface area (Å²) in [6, 6.07) is 3.29. The number of nitrogens with two attached hydrogens (primary N) is 1. The van der Waals surface area contributed by atoms with Crippen LogP contribution in [0, 0.1) is 0 Å². The molecule has 4 heteroatoms. The van der Waals surface area contributed by atoms with Crippen molar-refractivity contribution in [2.45, 2.75) is 6.04 Å². The Bertz CT molecular complexity index is 358. The van der Waals surface area contributed by atoms with Gasteiger partial charge in [-0.2, -0.15) is 0 Å². The average molecular weight is 175 g/mol. The van der Waals surface area contributed by atoms with Crippen LogP contribution >= 0.6 is 0 Å². The van der Waals surface area contributed by atoms with Crippen LogP contribution in [0.3, 0.4) is 0 Å². The lowest BCUT2D eigenvalue weighted by Gasteiger charge is -2.05. The SMILES string of the molecule is NC(c1cnccn1)c1ccco1. The van der Waals surface area contributed by atoms with Crippen molar-refractivity contribution in [2.24, 2.45) is 5.73 Å². The molecule has 1 unspecified atom stereocenters. The standard InChI is InChI=1S/C9H9N3O/c10-9(8-2-1-5-13-8)7-6-11-3-4-12-7/h1-6,9H,10H2. The highest BCUT2D eigenvalue weighted by Gasteiger charge is 2.12. The van der Waals surface area contributed by atoms with Crippen molar-refractivity contribution >= 4 is 0 Å². The first-order chi connectivity index (χ1) is 6.38. The third kappa shape index (κ3) is 1.57. The third-order valence-electron chi connectivity index (χ3n) is 1.75. The van der Waals surface area contributed by atoms with Crippen molar-refractivity contribution < 1.29 is 4.42 Å². The highest BCUT2D eigenvalue weighted by molar-refractivity contribution is 5.16. The van der Waals surface area contributed by atoms with E-state index >= 15 is 0 Å². The minimum atomic E-state index is -0.330. The van der Waals surface area contributed by atoms with E-state index in [4.69, 9.17) is 10.2 Å². The molecule has 2 aromatic heterocycles. The molecular weight excluding hydrogens is 166 g/mol. The third-order valence-corrected chi connectivity index (χ3v) is 1.75. The summed E-state index contributed by atoms with van der Waals surface area (Å²) in [5.41, 5.74) is 6.57. The zero-order chi connectivity index (χ0) is 9.10. The molecule has 0 radical (unpaired) electrons. The quantitative estimate of drug-likeness (QED) is 0.742. The molecule has 2 aromatic rings. The predicted octanol–water partition coefficient (Wildman–Crippen LogP) is 1.12. The molecule has 0 bridgehead atoms. The Morgan fingerprint density at radius 2 is 2.31 bits per heavy atom. The molecule has 0 amide bonds. The molecule has 4 nitrogen and oxygen atoms in total. The normalized spacial score (nSPS) is 12.7. The zero-order valence-corrected chi connectivity index (χ0v) is 6.92. The van der Waals surface area contributed by atoms with Gasteiger partial charge in [-0.1, -0.05) is 0 Å². The highest BCUT2D eigenvalue weighted by atomic mass is 16.3. The lowest BCUT2D eigenvalue weighted by Crippen LogP contribution is -2.12. The molecule has 2 rings (SSSR count). The first-order valence-corrected chi connectivity index (χ1v) is 3.93. The second-order valence-electron chi connectivity index (χ2n) is 2.62. The van der Waals surface area contributed by atoms with Crippen LogP contribution in [0.5, 0.6) is 0 Å². The first kappa shape index (κ1) is 7.94. The Labute approximate surface area is 75.4 Å². The molecule has 0 aliphatic carbocycles. The molecule has 66 valence electrons. The van der Waals surface area contributed by atoms with Gasteiger partial charge in [-0.25, -0.2) is 0 Å². The summed E-state index contributed by atoms with van der Waals surface area (Å²) >= 11 is 0. The number of rotatable bonds is 2. The maximum absolute atomic E-state index is 5.86. The summed E-state index contributed by atoms with van der Waals surface area (Å²) in [4.78, 5) is 8.02. The van der Waals surface area contributed by atoms with E-state index in [2.05, 4.69) is 9.97 Å². The van der Waals surface area contributed by atoms with Crippen LogP contribution < -0.4 is 5.73 Å². The topological polar surface area (TPSA) is 64.9 Å². The fourth-order valence-corrected chi connectivity index (χ4v) is 1.09. The van der Waals surface area contributed by atoms with Gasteiger partial charge in [-0.15, -0.1) is 0 Å². The van der Waals surface area contributed by atoms with Crippen molar-refractivity contribution in [2.75, 3.05) is 0 Å². The van der Waals surface area contributed by atoms with Gasteiger partial charge in [-0.3, -0.25) is 9.97 Å². The number of hydrogen-bond acceptors (Lipinski definition) is 4. The van der Waals surface area contributed by atoms with Crippen LogP contribution in [0.2, 0.25) is 0 Å². The van der Waals surface area contributed by atoms with Crippen molar-refractivity contribution in [3.05, 3.63) is 48.4 Å². The van der Waals surface area contributed by atoms with Crippen molar-refractivity contribution in [3.63, 3.8) is 0 Å². The predicted molar refractivity (Wildman–Crippen MR) is 46.8 cm³/mol. The summed E-state index contributed by atoms with van der Waals surface area (Å²) in [6.07, 6.45) is 6.44. The maximum atomic E-state index is 5.86. The van der Waals surface area contributed by atoms with Crippen LogP contribution in [-0.2, 0) is 0 Å². The van der Waals surface area contributed by atoms with Gasteiger partial charge in [0.1, 0.15) is 11.8 Å². The fraction of sp³-hybridized carbons (Fsp3) is 0.111. The van der Waals surface area contributed by atoms with E-state index < -0.39 is 0 Å². The molecule has 0 aliphatic rings. The Morgan fingerprint density at radius 3 is 2.92 bits per heavy atom. The Hall–Kier alpha value is -1.68. The highest BCUT2D eigenvalue weighted by Crippen LogP contribution is 2.16. The number of hydrogen-bond donors (Lipinski definition) is 1. The van der Waals surface area contributed by atoms with Crippen LogP contribution in [0.1, 0.15) is 17.5 Å². The van der Waals surface area contributed by atoms with Gasteiger partial charge in [0.25, 0.3) is 0 Å². The van der Waals surface area contributed by atoms with E-state index in [-0.39, 0.29) is 6.04 Å². The molecule has 0 aromatic carbocycles. The Balaban J connectivity index is 2.29. The van der Waals surface area contributed by atoms with Crippen LogP contribution in [0.4, 0.5) is 0 Å². The van der Waals surface area contributed by atoms with Crippen molar-refractivity contribution in [1.82, 2.24) is 9.97 Å². The molecule has 2 N–H and O–H groups in total. The van der Waals surface area contributed by atoms with Crippen molar-refractivity contribution in [3.8, 4) is 0 Å². The van der Waals surface area contributed by atoms with Crippen LogP contribution in [0.15, 0.2) is 41.4 Å². The van der Waals surface area contributed by atoms with E-state index in [1.165, 1.54) is 0 Å². The fourth-order valence-electron chi connectivity index (χ4n) is 1.09.